The van der Waals surface area contributed by atoms with Gasteiger partial charge in [-0.3, -0.25) is 10.1 Å². The topological polar surface area (TPSA) is 93.8 Å². The summed E-state index contributed by atoms with van der Waals surface area (Å²) >= 11 is 2.67. The molecule has 1 amide bonds. The van der Waals surface area contributed by atoms with Gasteiger partial charge in [0.25, 0.3) is 5.91 Å². The molecule has 0 saturated heterocycles. The van der Waals surface area contributed by atoms with Gasteiger partial charge in [0.15, 0.2) is 0 Å². The molecular formula is C18H17N5OS2. The Morgan fingerprint density at radius 3 is 2.73 bits per heavy atom. The average molecular weight is 384 g/mol. The Kier molecular flexibility index (Phi) is 4.08. The lowest BCUT2D eigenvalue weighted by Gasteiger charge is -2.04. The third-order valence-corrected chi connectivity index (χ3v) is 6.24. The van der Waals surface area contributed by atoms with Crippen LogP contribution in [0.5, 0.6) is 0 Å². The molecule has 3 heterocycles. The van der Waals surface area contributed by atoms with E-state index in [9.17, 15) is 4.79 Å². The summed E-state index contributed by atoms with van der Waals surface area (Å²) < 4.78 is 0. The number of carbonyl (C=O) groups is 1. The van der Waals surface area contributed by atoms with Crippen molar-refractivity contribution in [1.29, 1.82) is 0 Å². The van der Waals surface area contributed by atoms with Crippen LogP contribution in [-0.4, -0.2) is 21.1 Å². The van der Waals surface area contributed by atoms with Crippen molar-refractivity contribution < 1.29 is 4.79 Å². The van der Waals surface area contributed by atoms with Gasteiger partial charge in [-0.05, 0) is 38.0 Å². The molecule has 26 heavy (non-hydrogen) atoms. The second kappa shape index (κ2) is 6.30. The predicted octanol–water partition coefficient (Wildman–Crippen LogP) is 4.31. The number of nitrogen functional groups attached to an aromatic ring is 1. The molecular weight excluding hydrogens is 366 g/mol. The number of thiophene rings is 1. The maximum Gasteiger partial charge on any atom is 0.269 e. The van der Waals surface area contributed by atoms with Gasteiger partial charge in [-0.2, -0.15) is 0 Å². The van der Waals surface area contributed by atoms with E-state index in [4.69, 9.17) is 10.7 Å². The molecule has 0 radical (unpaired) electrons. The Labute approximate surface area is 158 Å². The van der Waals surface area contributed by atoms with Crippen LogP contribution in [0.15, 0.2) is 18.2 Å². The number of benzene rings is 1. The molecule has 0 fully saturated rings. The highest BCUT2D eigenvalue weighted by molar-refractivity contribution is 7.21. The first-order valence-corrected chi connectivity index (χ1v) is 9.83. The molecule has 0 spiro atoms. The molecule has 1 aromatic carbocycles. The molecule has 0 atom stereocenters. The Balaban J connectivity index is 1.77. The van der Waals surface area contributed by atoms with Crippen molar-refractivity contribution in [3.05, 3.63) is 39.2 Å². The van der Waals surface area contributed by atoms with Crippen molar-refractivity contribution in [3.8, 4) is 0 Å². The third kappa shape index (κ3) is 2.81. The predicted molar refractivity (Wildman–Crippen MR) is 108 cm³/mol. The summed E-state index contributed by atoms with van der Waals surface area (Å²) in [5.41, 5.74) is 9.95. The lowest BCUT2D eigenvalue weighted by molar-refractivity contribution is 0.103. The molecule has 3 N–H and O–H groups in total. The number of rotatable bonds is 3. The van der Waals surface area contributed by atoms with E-state index >= 15 is 0 Å². The number of aryl methyl sites for hydroxylation is 3. The molecule has 0 bridgehead atoms. The second-order valence-electron chi connectivity index (χ2n) is 6.15. The van der Waals surface area contributed by atoms with Gasteiger partial charge in [-0.1, -0.05) is 29.9 Å². The van der Waals surface area contributed by atoms with E-state index in [-0.39, 0.29) is 5.91 Å². The number of hydrogen-bond donors (Lipinski definition) is 2. The lowest BCUT2D eigenvalue weighted by Crippen LogP contribution is -2.11. The number of nitrogens with zero attached hydrogens (tertiary/aromatic N) is 3. The number of aromatic nitrogens is 3. The summed E-state index contributed by atoms with van der Waals surface area (Å²) in [5.74, 6) is -0.277. The fraction of sp³-hybridized carbons (Fsp3) is 0.222. The minimum atomic E-state index is -0.277. The van der Waals surface area contributed by atoms with Gasteiger partial charge in [0.2, 0.25) is 5.13 Å². The average Bonchev–Trinajstić information content (AvgIpc) is 3.18. The maximum atomic E-state index is 12.6. The maximum absolute atomic E-state index is 12.6. The SMILES string of the molecule is CCc1nnc(NC(=O)c2sc3nc4c(C)cc(C)cc4cc3c2N)s1. The molecule has 132 valence electrons. The van der Waals surface area contributed by atoms with Gasteiger partial charge >= 0.3 is 0 Å². The summed E-state index contributed by atoms with van der Waals surface area (Å²) in [4.78, 5) is 18.6. The van der Waals surface area contributed by atoms with Crippen molar-refractivity contribution in [2.45, 2.75) is 27.2 Å². The molecule has 3 aromatic heterocycles. The van der Waals surface area contributed by atoms with Crippen LogP contribution >= 0.6 is 22.7 Å². The van der Waals surface area contributed by atoms with E-state index in [1.54, 1.807) is 0 Å². The van der Waals surface area contributed by atoms with Crippen molar-refractivity contribution in [2.75, 3.05) is 11.1 Å². The van der Waals surface area contributed by atoms with E-state index in [0.717, 1.165) is 38.1 Å². The number of anilines is 2. The van der Waals surface area contributed by atoms with E-state index < -0.39 is 0 Å². The van der Waals surface area contributed by atoms with Crippen molar-refractivity contribution >= 4 is 60.5 Å². The minimum absolute atomic E-state index is 0.277. The fourth-order valence-corrected chi connectivity index (χ4v) is 4.60. The van der Waals surface area contributed by atoms with Crippen LogP contribution in [0, 0.1) is 13.8 Å². The first kappa shape index (κ1) is 16.9. The van der Waals surface area contributed by atoms with E-state index in [2.05, 4.69) is 34.6 Å². The number of carbonyl (C=O) groups excluding carboxylic acids is 1. The summed E-state index contributed by atoms with van der Waals surface area (Å²) in [7, 11) is 0. The Morgan fingerprint density at radius 2 is 2.00 bits per heavy atom. The number of amides is 1. The molecule has 0 aliphatic carbocycles. The molecule has 0 unspecified atom stereocenters. The first-order valence-electron chi connectivity index (χ1n) is 8.20. The number of pyridine rings is 1. The van der Waals surface area contributed by atoms with Crippen LogP contribution in [0.25, 0.3) is 21.1 Å². The van der Waals surface area contributed by atoms with Gasteiger partial charge in [-0.15, -0.1) is 21.5 Å². The monoisotopic (exact) mass is 383 g/mol. The van der Waals surface area contributed by atoms with Crippen LogP contribution in [0.1, 0.15) is 32.7 Å². The van der Waals surface area contributed by atoms with Crippen LogP contribution in [-0.2, 0) is 6.42 Å². The Bertz CT molecular complexity index is 1160. The van der Waals surface area contributed by atoms with Gasteiger partial charge < -0.3 is 5.73 Å². The Morgan fingerprint density at radius 1 is 1.19 bits per heavy atom. The Hall–Kier alpha value is -2.58. The highest BCUT2D eigenvalue weighted by Crippen LogP contribution is 2.36. The molecule has 0 aliphatic heterocycles. The molecule has 4 rings (SSSR count). The number of fused-ring (bicyclic) bond motifs is 2. The third-order valence-electron chi connectivity index (χ3n) is 4.15. The van der Waals surface area contributed by atoms with E-state index in [0.29, 0.717) is 15.7 Å². The van der Waals surface area contributed by atoms with Crippen molar-refractivity contribution in [2.24, 2.45) is 0 Å². The summed E-state index contributed by atoms with van der Waals surface area (Å²) in [6, 6.07) is 6.20. The zero-order valence-electron chi connectivity index (χ0n) is 14.6. The van der Waals surface area contributed by atoms with Crippen LogP contribution in [0.4, 0.5) is 10.8 Å². The number of hydrogen-bond acceptors (Lipinski definition) is 7. The van der Waals surface area contributed by atoms with Crippen LogP contribution < -0.4 is 11.1 Å². The number of nitrogens with one attached hydrogen (secondary N) is 1. The highest BCUT2D eigenvalue weighted by atomic mass is 32.1. The zero-order valence-corrected chi connectivity index (χ0v) is 16.2. The van der Waals surface area contributed by atoms with Crippen LogP contribution in [0.3, 0.4) is 0 Å². The van der Waals surface area contributed by atoms with E-state index in [1.165, 1.54) is 28.2 Å². The molecule has 0 saturated carbocycles. The normalized spacial score (nSPS) is 11.3. The van der Waals surface area contributed by atoms with Crippen LogP contribution in [0.2, 0.25) is 0 Å². The smallest absolute Gasteiger partial charge is 0.269 e. The summed E-state index contributed by atoms with van der Waals surface area (Å²) in [5, 5.41) is 14.0. The second-order valence-corrected chi connectivity index (χ2v) is 8.21. The minimum Gasteiger partial charge on any atom is -0.397 e. The van der Waals surface area contributed by atoms with Crippen molar-refractivity contribution in [3.63, 3.8) is 0 Å². The fourth-order valence-electron chi connectivity index (χ4n) is 2.95. The highest BCUT2D eigenvalue weighted by Gasteiger charge is 2.19. The molecule has 4 aromatic rings. The van der Waals surface area contributed by atoms with Gasteiger partial charge in [0.05, 0.1) is 11.2 Å². The number of nitrogens with two attached hydrogens (primary N) is 1. The zero-order chi connectivity index (χ0) is 18.4. The molecule has 8 heteroatoms. The van der Waals surface area contributed by atoms with Gasteiger partial charge in [0.1, 0.15) is 14.7 Å². The lowest BCUT2D eigenvalue weighted by atomic mass is 10.1. The summed E-state index contributed by atoms with van der Waals surface area (Å²) in [6.07, 6.45) is 0.786. The largest absolute Gasteiger partial charge is 0.397 e. The van der Waals surface area contributed by atoms with Gasteiger partial charge in [-0.25, -0.2) is 4.98 Å². The quantitative estimate of drug-likeness (QED) is 0.550. The molecule has 0 aliphatic rings. The molecule has 6 nitrogen and oxygen atoms in total. The van der Waals surface area contributed by atoms with E-state index in [1.807, 2.05) is 19.9 Å². The summed E-state index contributed by atoms with van der Waals surface area (Å²) in [6.45, 7) is 6.09. The standard InChI is InChI=1S/C18H17N5OS2/c1-4-12-22-23-18(25-12)21-16(24)15-13(19)11-7-10-6-8(2)5-9(3)14(10)20-17(11)26-15/h5-7H,4,19H2,1-3H3,(H,21,23,24). The van der Waals surface area contributed by atoms with Gasteiger partial charge in [0, 0.05) is 10.8 Å². The first-order chi connectivity index (χ1) is 12.5. The van der Waals surface area contributed by atoms with Crippen molar-refractivity contribution in [1.82, 2.24) is 15.2 Å².